The molecule has 0 radical (unpaired) electrons. The van der Waals surface area contributed by atoms with E-state index in [0.29, 0.717) is 12.1 Å². The molecule has 3 nitrogen and oxygen atoms in total. The Kier molecular flexibility index (Phi) is 3.90. The SMILES string of the molecule is Nc1ccc(C2=CC3COCC(C2)N3Cc2ccccc2)cc1. The van der Waals surface area contributed by atoms with E-state index in [4.69, 9.17) is 10.5 Å². The minimum Gasteiger partial charge on any atom is -0.399 e. The number of benzene rings is 2. The zero-order valence-electron chi connectivity index (χ0n) is 13.2. The van der Waals surface area contributed by atoms with Crippen LogP contribution < -0.4 is 5.73 Å². The second-order valence-electron chi connectivity index (χ2n) is 6.43. The lowest BCUT2D eigenvalue weighted by molar-refractivity contribution is -0.0402. The lowest BCUT2D eigenvalue weighted by atomic mass is 9.89. The number of anilines is 1. The van der Waals surface area contributed by atoms with Crippen molar-refractivity contribution in [3.8, 4) is 0 Å². The number of nitrogens with two attached hydrogens (primary N) is 1. The third kappa shape index (κ3) is 3.03. The molecule has 3 heteroatoms. The Labute approximate surface area is 137 Å². The molecular weight excluding hydrogens is 284 g/mol. The number of hydrogen-bond acceptors (Lipinski definition) is 3. The van der Waals surface area contributed by atoms with Crippen LogP contribution in [0.4, 0.5) is 5.69 Å². The summed E-state index contributed by atoms with van der Waals surface area (Å²) in [6.07, 6.45) is 3.41. The molecule has 2 aromatic rings. The van der Waals surface area contributed by atoms with E-state index in [1.54, 1.807) is 0 Å². The summed E-state index contributed by atoms with van der Waals surface area (Å²) in [6, 6.07) is 19.7. The molecular formula is C20H22N2O. The molecule has 2 aromatic carbocycles. The molecule has 2 aliphatic heterocycles. The van der Waals surface area contributed by atoms with Gasteiger partial charge in [0.1, 0.15) is 0 Å². The zero-order chi connectivity index (χ0) is 15.6. The predicted molar refractivity (Wildman–Crippen MR) is 93.8 cm³/mol. The van der Waals surface area contributed by atoms with Crippen molar-refractivity contribution in [2.45, 2.75) is 25.0 Å². The first-order valence-electron chi connectivity index (χ1n) is 8.23. The molecule has 2 heterocycles. The Hall–Kier alpha value is -2.10. The summed E-state index contributed by atoms with van der Waals surface area (Å²) in [5.74, 6) is 0. The number of nitrogen functional groups attached to an aromatic ring is 1. The van der Waals surface area contributed by atoms with Crippen LogP contribution >= 0.6 is 0 Å². The summed E-state index contributed by atoms with van der Waals surface area (Å²) < 4.78 is 5.80. The van der Waals surface area contributed by atoms with Crippen LogP contribution in [0.25, 0.3) is 5.57 Å². The average molecular weight is 306 g/mol. The molecule has 2 aliphatic rings. The first-order valence-corrected chi connectivity index (χ1v) is 8.23. The van der Waals surface area contributed by atoms with Gasteiger partial charge in [-0.1, -0.05) is 48.5 Å². The summed E-state index contributed by atoms with van der Waals surface area (Å²) in [6.45, 7) is 2.59. The molecule has 2 unspecified atom stereocenters. The lowest BCUT2D eigenvalue weighted by Gasteiger charge is -2.44. The van der Waals surface area contributed by atoms with E-state index in [0.717, 1.165) is 31.9 Å². The standard InChI is InChI=1S/C20H22N2O/c21-18-8-6-16(7-9-18)17-10-19-13-23-14-20(11-17)22(19)12-15-4-2-1-3-5-15/h1-10,19-20H,11-14,21H2. The first kappa shape index (κ1) is 14.5. The van der Waals surface area contributed by atoms with Gasteiger partial charge in [0, 0.05) is 18.3 Å². The Balaban J connectivity index is 1.59. The van der Waals surface area contributed by atoms with E-state index >= 15 is 0 Å². The minimum absolute atomic E-state index is 0.357. The molecule has 0 aliphatic carbocycles. The lowest BCUT2D eigenvalue weighted by Crippen LogP contribution is -2.53. The van der Waals surface area contributed by atoms with Gasteiger partial charge in [-0.25, -0.2) is 0 Å². The van der Waals surface area contributed by atoms with Gasteiger partial charge >= 0.3 is 0 Å². The molecule has 23 heavy (non-hydrogen) atoms. The molecule has 0 aromatic heterocycles. The van der Waals surface area contributed by atoms with E-state index in [1.165, 1.54) is 16.7 Å². The van der Waals surface area contributed by atoms with Crippen LogP contribution in [0.1, 0.15) is 17.5 Å². The van der Waals surface area contributed by atoms with Gasteiger partial charge in [-0.3, -0.25) is 4.90 Å². The van der Waals surface area contributed by atoms with Crippen molar-refractivity contribution in [2.24, 2.45) is 0 Å². The largest absolute Gasteiger partial charge is 0.399 e. The van der Waals surface area contributed by atoms with Crippen molar-refractivity contribution in [1.29, 1.82) is 0 Å². The minimum atomic E-state index is 0.357. The Morgan fingerprint density at radius 2 is 1.78 bits per heavy atom. The predicted octanol–water partition coefficient (Wildman–Crippen LogP) is 3.33. The van der Waals surface area contributed by atoms with E-state index in [9.17, 15) is 0 Å². The topological polar surface area (TPSA) is 38.5 Å². The van der Waals surface area contributed by atoms with Crippen molar-refractivity contribution in [3.63, 3.8) is 0 Å². The molecule has 2 atom stereocenters. The molecule has 0 spiro atoms. The summed E-state index contributed by atoms with van der Waals surface area (Å²) in [4.78, 5) is 2.58. The van der Waals surface area contributed by atoms with Gasteiger partial charge in [0.25, 0.3) is 0 Å². The number of fused-ring (bicyclic) bond motifs is 2. The van der Waals surface area contributed by atoms with E-state index in [2.05, 4.69) is 53.4 Å². The van der Waals surface area contributed by atoms with Crippen molar-refractivity contribution >= 4 is 11.3 Å². The summed E-state index contributed by atoms with van der Waals surface area (Å²) >= 11 is 0. The first-order chi connectivity index (χ1) is 11.3. The molecule has 1 saturated heterocycles. The molecule has 2 bridgehead atoms. The van der Waals surface area contributed by atoms with Gasteiger partial charge in [-0.2, -0.15) is 0 Å². The van der Waals surface area contributed by atoms with E-state index in [-0.39, 0.29) is 0 Å². The van der Waals surface area contributed by atoms with Gasteiger partial charge in [0.05, 0.1) is 19.3 Å². The highest BCUT2D eigenvalue weighted by Crippen LogP contribution is 2.33. The third-order valence-electron chi connectivity index (χ3n) is 4.83. The van der Waals surface area contributed by atoms with Gasteiger partial charge in [0.15, 0.2) is 0 Å². The Morgan fingerprint density at radius 3 is 2.52 bits per heavy atom. The van der Waals surface area contributed by atoms with Crippen LogP contribution in [-0.4, -0.2) is 30.2 Å². The van der Waals surface area contributed by atoms with Crippen LogP contribution in [0.3, 0.4) is 0 Å². The number of ether oxygens (including phenoxy) is 1. The maximum atomic E-state index is 5.81. The maximum absolute atomic E-state index is 5.81. The molecule has 4 rings (SSSR count). The average Bonchev–Trinajstić information content (AvgIpc) is 2.56. The zero-order valence-corrected chi connectivity index (χ0v) is 13.2. The molecule has 2 N–H and O–H groups in total. The van der Waals surface area contributed by atoms with Crippen LogP contribution in [0.2, 0.25) is 0 Å². The van der Waals surface area contributed by atoms with Crippen LogP contribution in [0, 0.1) is 0 Å². The summed E-state index contributed by atoms with van der Waals surface area (Å²) in [7, 11) is 0. The Morgan fingerprint density at radius 1 is 1.00 bits per heavy atom. The fourth-order valence-corrected chi connectivity index (χ4v) is 3.61. The summed E-state index contributed by atoms with van der Waals surface area (Å²) in [5.41, 5.74) is 10.7. The van der Waals surface area contributed by atoms with Crippen LogP contribution in [0.5, 0.6) is 0 Å². The highest BCUT2D eigenvalue weighted by Gasteiger charge is 2.34. The molecule has 1 fully saturated rings. The van der Waals surface area contributed by atoms with Crippen molar-refractivity contribution < 1.29 is 4.74 Å². The van der Waals surface area contributed by atoms with E-state index in [1.807, 2.05) is 12.1 Å². The van der Waals surface area contributed by atoms with E-state index < -0.39 is 0 Å². The summed E-state index contributed by atoms with van der Waals surface area (Å²) in [5, 5.41) is 0. The second-order valence-corrected chi connectivity index (χ2v) is 6.43. The fraction of sp³-hybridized carbons (Fsp3) is 0.300. The quantitative estimate of drug-likeness (QED) is 0.884. The van der Waals surface area contributed by atoms with Crippen LogP contribution in [0.15, 0.2) is 60.7 Å². The van der Waals surface area contributed by atoms with Gasteiger partial charge in [-0.15, -0.1) is 0 Å². The number of morpholine rings is 1. The fourth-order valence-electron chi connectivity index (χ4n) is 3.61. The molecule has 118 valence electrons. The smallest absolute Gasteiger partial charge is 0.0658 e. The van der Waals surface area contributed by atoms with Crippen molar-refractivity contribution in [1.82, 2.24) is 4.90 Å². The number of hydrogen-bond donors (Lipinski definition) is 1. The normalized spacial score (nSPS) is 24.3. The maximum Gasteiger partial charge on any atom is 0.0658 e. The Bertz CT molecular complexity index is 693. The second kappa shape index (κ2) is 6.19. The molecule has 0 amide bonds. The molecule has 0 saturated carbocycles. The highest BCUT2D eigenvalue weighted by molar-refractivity contribution is 5.69. The van der Waals surface area contributed by atoms with Gasteiger partial charge in [0.2, 0.25) is 0 Å². The number of rotatable bonds is 3. The number of nitrogens with zero attached hydrogens (tertiary/aromatic N) is 1. The van der Waals surface area contributed by atoms with Gasteiger partial charge < -0.3 is 10.5 Å². The third-order valence-corrected chi connectivity index (χ3v) is 4.83. The highest BCUT2D eigenvalue weighted by atomic mass is 16.5. The monoisotopic (exact) mass is 306 g/mol. The van der Waals surface area contributed by atoms with Crippen molar-refractivity contribution in [3.05, 3.63) is 71.8 Å². The van der Waals surface area contributed by atoms with Crippen molar-refractivity contribution in [2.75, 3.05) is 18.9 Å². The van der Waals surface area contributed by atoms with Gasteiger partial charge in [-0.05, 0) is 35.3 Å². The van der Waals surface area contributed by atoms with Crippen LogP contribution in [-0.2, 0) is 11.3 Å².